The standard InChI is InChI=1S/C22H21F3N6OS/c1-12(2)30-6-5-13-8-18(33-19(13)11-30)17-10-31(29-26-17)9-15-4-3-14(7-16(15)23)21-27-28-22(32-21)20(24)25/h3-4,7-8,10,12,20H,5-6,9,11H2,1-2H3. The van der Waals surface area contributed by atoms with Crippen molar-refractivity contribution in [3.05, 3.63) is 58.2 Å². The third-order valence-corrected chi connectivity index (χ3v) is 6.88. The molecule has 0 fully saturated rings. The molecule has 1 aliphatic heterocycles. The van der Waals surface area contributed by atoms with E-state index >= 15 is 0 Å². The molecule has 33 heavy (non-hydrogen) atoms. The van der Waals surface area contributed by atoms with E-state index in [4.69, 9.17) is 4.42 Å². The van der Waals surface area contributed by atoms with Crippen molar-refractivity contribution in [2.45, 2.75) is 45.8 Å². The maximum Gasteiger partial charge on any atom is 0.314 e. The average Bonchev–Trinajstić information content (AvgIpc) is 3.53. The zero-order chi connectivity index (χ0) is 23.1. The SMILES string of the molecule is CC(C)N1CCc2cc(-c3cn(Cc4ccc(-c5nnc(C(F)F)o5)cc4F)nn3)sc2C1. The van der Waals surface area contributed by atoms with Crippen LogP contribution in [-0.4, -0.2) is 42.7 Å². The van der Waals surface area contributed by atoms with Crippen LogP contribution >= 0.6 is 11.3 Å². The molecule has 0 atom stereocenters. The monoisotopic (exact) mass is 474 g/mol. The summed E-state index contributed by atoms with van der Waals surface area (Å²) in [6, 6.07) is 6.97. The highest BCUT2D eigenvalue weighted by molar-refractivity contribution is 7.15. The molecule has 4 aromatic rings. The molecule has 0 unspecified atom stereocenters. The number of rotatable bonds is 6. The van der Waals surface area contributed by atoms with Crippen LogP contribution in [0.3, 0.4) is 0 Å². The normalized spacial score (nSPS) is 14.4. The minimum absolute atomic E-state index is 0.156. The quantitative estimate of drug-likeness (QED) is 0.394. The lowest BCUT2D eigenvalue weighted by Crippen LogP contribution is -2.35. The summed E-state index contributed by atoms with van der Waals surface area (Å²) in [7, 11) is 0. The molecule has 11 heteroatoms. The Morgan fingerprint density at radius 1 is 1.15 bits per heavy atom. The highest BCUT2D eigenvalue weighted by Gasteiger charge is 2.22. The van der Waals surface area contributed by atoms with Gasteiger partial charge < -0.3 is 4.42 Å². The predicted octanol–water partition coefficient (Wildman–Crippen LogP) is 4.95. The van der Waals surface area contributed by atoms with Crippen LogP contribution in [0.15, 0.2) is 34.9 Å². The minimum Gasteiger partial charge on any atom is -0.415 e. The smallest absolute Gasteiger partial charge is 0.314 e. The Labute approximate surface area is 191 Å². The Hall–Kier alpha value is -3.05. The molecule has 3 aromatic heterocycles. The molecular formula is C22H21F3N6OS. The van der Waals surface area contributed by atoms with Crippen LogP contribution < -0.4 is 0 Å². The van der Waals surface area contributed by atoms with Gasteiger partial charge in [-0.15, -0.1) is 26.6 Å². The lowest BCUT2D eigenvalue weighted by Gasteiger charge is -2.29. The van der Waals surface area contributed by atoms with Crippen LogP contribution in [0.2, 0.25) is 0 Å². The van der Waals surface area contributed by atoms with Crippen LogP contribution in [0.25, 0.3) is 22.0 Å². The van der Waals surface area contributed by atoms with Crippen molar-refractivity contribution in [2.24, 2.45) is 0 Å². The van der Waals surface area contributed by atoms with Crippen molar-refractivity contribution in [2.75, 3.05) is 6.54 Å². The number of hydrogen-bond donors (Lipinski definition) is 0. The van der Waals surface area contributed by atoms with Gasteiger partial charge in [-0.2, -0.15) is 8.78 Å². The number of thiophene rings is 1. The molecule has 0 saturated heterocycles. The van der Waals surface area contributed by atoms with Gasteiger partial charge in [0.25, 0.3) is 5.89 Å². The van der Waals surface area contributed by atoms with Gasteiger partial charge in [0.2, 0.25) is 5.89 Å². The Morgan fingerprint density at radius 2 is 2.00 bits per heavy atom. The lowest BCUT2D eigenvalue weighted by atomic mass is 10.1. The second-order valence-electron chi connectivity index (χ2n) is 8.23. The third kappa shape index (κ3) is 4.42. The molecule has 1 aliphatic rings. The van der Waals surface area contributed by atoms with Crippen molar-refractivity contribution in [1.29, 1.82) is 0 Å². The van der Waals surface area contributed by atoms with Crippen LogP contribution in [0.5, 0.6) is 0 Å². The van der Waals surface area contributed by atoms with Crippen LogP contribution in [-0.2, 0) is 19.5 Å². The largest absolute Gasteiger partial charge is 0.415 e. The maximum absolute atomic E-state index is 14.7. The van der Waals surface area contributed by atoms with Crippen LogP contribution in [0.1, 0.15) is 42.2 Å². The molecule has 0 spiro atoms. The fourth-order valence-electron chi connectivity index (χ4n) is 3.82. The molecule has 0 bridgehead atoms. The summed E-state index contributed by atoms with van der Waals surface area (Å²) in [6.07, 6.45) is -0.0494. The summed E-state index contributed by atoms with van der Waals surface area (Å²) in [4.78, 5) is 4.87. The number of benzene rings is 1. The van der Waals surface area contributed by atoms with E-state index in [1.807, 2.05) is 0 Å². The second-order valence-corrected chi connectivity index (χ2v) is 9.36. The van der Waals surface area contributed by atoms with E-state index in [2.05, 4.69) is 45.3 Å². The Morgan fingerprint density at radius 3 is 2.73 bits per heavy atom. The zero-order valence-corrected chi connectivity index (χ0v) is 18.8. The summed E-state index contributed by atoms with van der Waals surface area (Å²) >= 11 is 1.73. The average molecular weight is 475 g/mol. The summed E-state index contributed by atoms with van der Waals surface area (Å²) in [6.45, 7) is 6.59. The van der Waals surface area contributed by atoms with E-state index in [9.17, 15) is 13.2 Å². The number of alkyl halides is 2. The fourth-order valence-corrected chi connectivity index (χ4v) is 5.00. The van der Waals surface area contributed by atoms with Gasteiger partial charge in [-0.25, -0.2) is 9.07 Å². The van der Waals surface area contributed by atoms with Gasteiger partial charge in [0, 0.05) is 35.1 Å². The first-order valence-electron chi connectivity index (χ1n) is 10.5. The van der Waals surface area contributed by atoms with Gasteiger partial charge in [-0.1, -0.05) is 11.3 Å². The van der Waals surface area contributed by atoms with E-state index < -0.39 is 18.1 Å². The lowest BCUT2D eigenvalue weighted by molar-refractivity contribution is 0.116. The van der Waals surface area contributed by atoms with Crippen molar-refractivity contribution in [3.8, 4) is 22.0 Å². The van der Waals surface area contributed by atoms with Crippen LogP contribution in [0, 0.1) is 5.82 Å². The fraction of sp³-hybridized carbons (Fsp3) is 0.364. The van der Waals surface area contributed by atoms with Crippen molar-refractivity contribution in [1.82, 2.24) is 30.1 Å². The Bertz CT molecular complexity index is 1280. The van der Waals surface area contributed by atoms with Crippen LogP contribution in [0.4, 0.5) is 13.2 Å². The molecule has 0 saturated carbocycles. The van der Waals surface area contributed by atoms with Gasteiger partial charge in [0.15, 0.2) is 0 Å². The molecule has 0 aliphatic carbocycles. The second kappa shape index (κ2) is 8.71. The summed E-state index contributed by atoms with van der Waals surface area (Å²) < 4.78 is 46.4. The Kier molecular flexibility index (Phi) is 5.75. The van der Waals surface area contributed by atoms with Crippen molar-refractivity contribution >= 4 is 11.3 Å². The number of nitrogens with zero attached hydrogens (tertiary/aromatic N) is 6. The molecule has 0 amide bonds. The number of halogens is 3. The van der Waals surface area contributed by atoms with Gasteiger partial charge in [0.05, 0.1) is 17.6 Å². The van der Waals surface area contributed by atoms with E-state index in [1.54, 1.807) is 34.3 Å². The van der Waals surface area contributed by atoms with Crippen molar-refractivity contribution in [3.63, 3.8) is 0 Å². The van der Waals surface area contributed by atoms with E-state index in [0.717, 1.165) is 30.1 Å². The third-order valence-electron chi connectivity index (χ3n) is 5.69. The Balaban J connectivity index is 1.31. The molecule has 4 heterocycles. The molecule has 5 rings (SSSR count). The molecule has 0 radical (unpaired) electrons. The molecule has 1 aromatic carbocycles. The maximum atomic E-state index is 14.7. The minimum atomic E-state index is -2.88. The highest BCUT2D eigenvalue weighted by Crippen LogP contribution is 2.34. The first-order valence-corrected chi connectivity index (χ1v) is 11.4. The van der Waals surface area contributed by atoms with Gasteiger partial charge in [-0.05, 0) is 44.0 Å². The number of hydrogen-bond acceptors (Lipinski definition) is 7. The van der Waals surface area contributed by atoms with E-state index in [1.165, 1.54) is 16.5 Å². The van der Waals surface area contributed by atoms with Gasteiger partial charge >= 0.3 is 6.43 Å². The molecular weight excluding hydrogens is 453 g/mol. The zero-order valence-electron chi connectivity index (χ0n) is 18.0. The first-order chi connectivity index (χ1) is 15.9. The van der Waals surface area contributed by atoms with Crippen molar-refractivity contribution < 1.29 is 17.6 Å². The number of fused-ring (bicyclic) bond motifs is 1. The summed E-state index contributed by atoms with van der Waals surface area (Å²) in [5.74, 6) is -1.48. The molecule has 0 N–H and O–H groups in total. The predicted molar refractivity (Wildman–Crippen MR) is 116 cm³/mol. The number of aromatic nitrogens is 5. The summed E-state index contributed by atoms with van der Waals surface area (Å²) in [5, 5.41) is 15.2. The van der Waals surface area contributed by atoms with E-state index in [0.29, 0.717) is 11.6 Å². The van der Waals surface area contributed by atoms with Gasteiger partial charge in [-0.3, -0.25) is 4.90 Å². The highest BCUT2D eigenvalue weighted by atomic mass is 32.1. The topological polar surface area (TPSA) is 72.9 Å². The van der Waals surface area contributed by atoms with E-state index in [-0.39, 0.29) is 18.0 Å². The molecule has 172 valence electrons. The van der Waals surface area contributed by atoms with Gasteiger partial charge in [0.1, 0.15) is 11.5 Å². The molecule has 7 nitrogen and oxygen atoms in total. The first kappa shape index (κ1) is 21.8. The summed E-state index contributed by atoms with van der Waals surface area (Å²) in [5.41, 5.74) is 2.73.